The van der Waals surface area contributed by atoms with Crippen LogP contribution in [0.3, 0.4) is 0 Å². The predicted molar refractivity (Wildman–Crippen MR) is 196 cm³/mol. The molecule has 0 fully saturated rings. The Morgan fingerprint density at radius 2 is 1.44 bits per heavy atom. The Morgan fingerprint density at radius 1 is 0.780 bits per heavy atom. The number of carbonyl (C=O) groups excluding carboxylic acids is 1. The molecule has 240 valence electrons. The zero-order valence-corrected chi connectivity index (χ0v) is 27.1. The number of amides is 1. The van der Waals surface area contributed by atoms with Crippen molar-refractivity contribution in [3.05, 3.63) is 186 Å². The van der Waals surface area contributed by atoms with Gasteiger partial charge in [-0.15, -0.1) is 0 Å². The second kappa shape index (κ2) is 12.7. The van der Waals surface area contributed by atoms with Gasteiger partial charge < -0.3 is 5.73 Å². The van der Waals surface area contributed by atoms with Gasteiger partial charge in [0.1, 0.15) is 16.9 Å². The van der Waals surface area contributed by atoms with Crippen LogP contribution < -0.4 is 5.73 Å². The average molecular weight is 649 g/mol. The Hall–Kier alpha value is -6.78. The number of allylic oxidation sites excluding steroid dienone is 4. The summed E-state index contributed by atoms with van der Waals surface area (Å²) in [4.78, 5) is 16.4. The lowest BCUT2D eigenvalue weighted by atomic mass is 9.70. The Morgan fingerprint density at radius 3 is 2.06 bits per heavy atom. The first-order valence-corrected chi connectivity index (χ1v) is 16.5. The minimum absolute atomic E-state index is 0.0602. The molecule has 0 aliphatic heterocycles. The fourth-order valence-corrected chi connectivity index (χ4v) is 7.14. The number of imidazole rings is 1. The number of nitrogens with zero attached hydrogens (tertiary/aromatic N) is 5. The number of pyridine rings is 1. The van der Waals surface area contributed by atoms with Crippen LogP contribution in [-0.4, -0.2) is 25.1 Å². The van der Waals surface area contributed by atoms with Crippen molar-refractivity contribution < 1.29 is 4.79 Å². The molecule has 7 nitrogen and oxygen atoms in total. The Kier molecular flexibility index (Phi) is 7.75. The monoisotopic (exact) mass is 648 g/mol. The number of hydrogen-bond donors (Lipinski definition) is 1. The first-order valence-electron chi connectivity index (χ1n) is 16.5. The molecule has 7 heteroatoms. The van der Waals surface area contributed by atoms with Crippen LogP contribution in [0.5, 0.6) is 0 Å². The number of primary amides is 1. The van der Waals surface area contributed by atoms with E-state index in [0.29, 0.717) is 11.1 Å². The molecule has 3 aromatic heterocycles. The topological polar surface area (TPSA) is 102 Å². The van der Waals surface area contributed by atoms with Gasteiger partial charge in [-0.3, -0.25) is 13.9 Å². The summed E-state index contributed by atoms with van der Waals surface area (Å²) in [5.74, 6) is -0.406. The number of benzene rings is 4. The highest BCUT2D eigenvalue weighted by atomic mass is 16.1. The van der Waals surface area contributed by atoms with Crippen LogP contribution in [0.4, 0.5) is 0 Å². The molecule has 1 amide bonds. The van der Waals surface area contributed by atoms with Gasteiger partial charge in [-0.2, -0.15) is 10.4 Å². The molecule has 3 heterocycles. The van der Waals surface area contributed by atoms with Crippen LogP contribution in [0.2, 0.25) is 0 Å². The molecule has 0 radical (unpaired) electrons. The maximum absolute atomic E-state index is 11.7. The fourth-order valence-electron chi connectivity index (χ4n) is 7.14. The molecule has 0 spiro atoms. The van der Waals surface area contributed by atoms with Crippen LogP contribution in [0.15, 0.2) is 164 Å². The highest BCUT2D eigenvalue weighted by Crippen LogP contribution is 2.46. The molecule has 0 saturated carbocycles. The predicted octanol–water partition coefficient (Wildman–Crippen LogP) is 8.43. The van der Waals surface area contributed by atoms with E-state index < -0.39 is 11.4 Å². The summed E-state index contributed by atoms with van der Waals surface area (Å²) in [6.45, 7) is 0. The Balaban J connectivity index is 1.38. The van der Waals surface area contributed by atoms with Crippen molar-refractivity contribution in [1.29, 1.82) is 5.26 Å². The molecule has 1 unspecified atom stereocenters. The standard InChI is InChI=1S/C43H32N6O/c44-26-30-16-18-32(19-17-30)41-38(34-24-25-40-46-27-39(48(40)28-34)31-20-22-33(23-21-31)42(45)50)29-49(47-41)43(35-10-4-1-5-11-35,36-12-6-2-7-13-36)37-14-8-3-9-15-37/h1-14,16-25,27-29,37H,15H2,(H2,45,50). The SMILES string of the molecule is N#Cc1ccc(-c2nn(C(c3ccccc3)(c3ccccc3)C3C=CC=CC3)cc2-c2ccc3ncc(-c4ccc(C(N)=O)cc4)n3c2)cc1. The molecule has 8 rings (SSSR count). The molecule has 1 atom stereocenters. The van der Waals surface area contributed by atoms with Gasteiger partial charge in [-0.25, -0.2) is 4.98 Å². The van der Waals surface area contributed by atoms with E-state index in [1.807, 2.05) is 60.8 Å². The molecule has 0 saturated heterocycles. The van der Waals surface area contributed by atoms with Gasteiger partial charge in [0.15, 0.2) is 0 Å². The zero-order valence-electron chi connectivity index (χ0n) is 27.1. The summed E-state index contributed by atoms with van der Waals surface area (Å²) in [6.07, 6.45) is 15.7. The maximum Gasteiger partial charge on any atom is 0.248 e. The van der Waals surface area contributed by atoms with Crippen molar-refractivity contribution >= 4 is 11.6 Å². The Bertz CT molecular complexity index is 2390. The number of nitriles is 1. The van der Waals surface area contributed by atoms with Gasteiger partial charge in [0.2, 0.25) is 5.91 Å². The van der Waals surface area contributed by atoms with Crippen LogP contribution in [0, 0.1) is 17.2 Å². The molecular formula is C43H32N6O. The highest BCUT2D eigenvalue weighted by Gasteiger charge is 2.44. The molecule has 1 aliphatic carbocycles. The first-order chi connectivity index (χ1) is 24.6. The van der Waals surface area contributed by atoms with Crippen molar-refractivity contribution in [3.8, 4) is 39.7 Å². The summed E-state index contributed by atoms with van der Waals surface area (Å²) in [7, 11) is 0. The van der Waals surface area contributed by atoms with E-state index in [9.17, 15) is 10.1 Å². The van der Waals surface area contributed by atoms with Gasteiger partial charge in [0.05, 0.1) is 23.5 Å². The van der Waals surface area contributed by atoms with E-state index in [2.05, 4.69) is 111 Å². The second-order valence-electron chi connectivity index (χ2n) is 12.4. The third-order valence-corrected chi connectivity index (χ3v) is 9.59. The third kappa shape index (κ3) is 5.20. The smallest absolute Gasteiger partial charge is 0.248 e. The summed E-state index contributed by atoms with van der Waals surface area (Å²) in [5, 5.41) is 15.1. The molecule has 7 aromatic rings. The lowest BCUT2D eigenvalue weighted by molar-refractivity contribution is 0.100. The lowest BCUT2D eigenvalue weighted by Crippen LogP contribution is -2.43. The summed E-state index contributed by atoms with van der Waals surface area (Å²) >= 11 is 0. The van der Waals surface area contributed by atoms with Gasteiger partial charge in [-0.1, -0.05) is 109 Å². The van der Waals surface area contributed by atoms with E-state index in [0.717, 1.165) is 56.8 Å². The summed E-state index contributed by atoms with van der Waals surface area (Å²) in [6, 6.07) is 42.4. The highest BCUT2D eigenvalue weighted by molar-refractivity contribution is 5.93. The van der Waals surface area contributed by atoms with E-state index in [1.54, 1.807) is 12.1 Å². The number of fused-ring (bicyclic) bond motifs is 1. The van der Waals surface area contributed by atoms with Crippen LogP contribution in [-0.2, 0) is 5.54 Å². The summed E-state index contributed by atoms with van der Waals surface area (Å²) in [5.41, 5.74) is 14.3. The Labute approximate surface area is 289 Å². The fraction of sp³-hybridized carbons (Fsp3) is 0.0698. The summed E-state index contributed by atoms with van der Waals surface area (Å²) < 4.78 is 4.21. The van der Waals surface area contributed by atoms with Crippen LogP contribution >= 0.6 is 0 Å². The van der Waals surface area contributed by atoms with E-state index in [4.69, 9.17) is 10.8 Å². The number of hydrogen-bond acceptors (Lipinski definition) is 4. The number of aromatic nitrogens is 4. The van der Waals surface area contributed by atoms with Crippen molar-refractivity contribution in [1.82, 2.24) is 19.2 Å². The van der Waals surface area contributed by atoms with Gasteiger partial charge >= 0.3 is 0 Å². The minimum Gasteiger partial charge on any atom is -0.366 e. The average Bonchev–Trinajstić information content (AvgIpc) is 3.82. The molecule has 50 heavy (non-hydrogen) atoms. The van der Waals surface area contributed by atoms with Crippen LogP contribution in [0.1, 0.15) is 33.5 Å². The second-order valence-corrected chi connectivity index (χ2v) is 12.4. The van der Waals surface area contributed by atoms with Crippen molar-refractivity contribution in [2.24, 2.45) is 11.7 Å². The third-order valence-electron chi connectivity index (χ3n) is 9.59. The maximum atomic E-state index is 11.7. The van der Waals surface area contributed by atoms with Gasteiger partial charge in [-0.05, 0) is 53.9 Å². The minimum atomic E-state index is -0.685. The quantitative estimate of drug-likeness (QED) is 0.179. The number of nitrogens with two attached hydrogens (primary N) is 1. The molecular weight excluding hydrogens is 617 g/mol. The lowest BCUT2D eigenvalue weighted by Gasteiger charge is -2.41. The van der Waals surface area contributed by atoms with Crippen LogP contribution in [0.25, 0.3) is 39.3 Å². The largest absolute Gasteiger partial charge is 0.366 e. The van der Waals surface area contributed by atoms with Gasteiger partial charge in [0, 0.05) is 46.1 Å². The van der Waals surface area contributed by atoms with E-state index >= 15 is 0 Å². The number of rotatable bonds is 8. The van der Waals surface area contributed by atoms with Gasteiger partial charge in [0.25, 0.3) is 0 Å². The molecule has 2 N–H and O–H groups in total. The molecule has 4 aromatic carbocycles. The normalized spacial score (nSPS) is 14.1. The van der Waals surface area contributed by atoms with Crippen molar-refractivity contribution in [3.63, 3.8) is 0 Å². The van der Waals surface area contributed by atoms with Crippen molar-refractivity contribution in [2.45, 2.75) is 12.0 Å². The van der Waals surface area contributed by atoms with Crippen molar-refractivity contribution in [2.75, 3.05) is 0 Å². The first kappa shape index (κ1) is 30.5. The molecule has 0 bridgehead atoms. The van der Waals surface area contributed by atoms with E-state index in [1.165, 1.54) is 0 Å². The zero-order chi connectivity index (χ0) is 34.1. The molecule has 1 aliphatic rings. The van der Waals surface area contributed by atoms with E-state index in [-0.39, 0.29) is 5.92 Å². The number of carbonyl (C=O) groups is 1.